The number of ketones is 1. The Morgan fingerprint density at radius 2 is 1.80 bits per heavy atom. The summed E-state index contributed by atoms with van der Waals surface area (Å²) in [6, 6.07) is 6.57. The predicted molar refractivity (Wildman–Crippen MR) is 80.3 cm³/mol. The highest BCUT2D eigenvalue weighted by atomic mass is 35.5. The van der Waals surface area contributed by atoms with Gasteiger partial charge < -0.3 is 4.74 Å². The molecule has 20 heavy (non-hydrogen) atoms. The molecular weight excluding hydrogens is 319 g/mol. The van der Waals surface area contributed by atoms with E-state index in [0.29, 0.717) is 4.88 Å². The Morgan fingerprint density at radius 3 is 2.35 bits per heavy atom. The average molecular weight is 329 g/mol. The molecule has 0 aliphatic carbocycles. The number of ether oxygens (including phenoxy) is 1. The van der Waals surface area contributed by atoms with Crippen molar-refractivity contribution in [2.75, 3.05) is 0 Å². The number of benzene rings is 1. The Kier molecular flexibility index (Phi) is 4.48. The minimum Gasteiger partial charge on any atom is -0.425 e. The molecule has 1 heterocycles. The molecule has 0 atom stereocenters. The number of halogens is 2. The summed E-state index contributed by atoms with van der Waals surface area (Å²) in [5.74, 6) is -0.566. The molecule has 3 nitrogen and oxygen atoms in total. The van der Waals surface area contributed by atoms with Gasteiger partial charge >= 0.3 is 5.97 Å². The van der Waals surface area contributed by atoms with Crippen LogP contribution < -0.4 is 4.74 Å². The number of carbonyl (C=O) groups is 2. The summed E-state index contributed by atoms with van der Waals surface area (Å²) < 4.78 is 4.91. The van der Waals surface area contributed by atoms with Crippen LogP contribution in [0.25, 0.3) is 0 Å². The molecule has 0 saturated heterocycles. The molecule has 6 heteroatoms. The summed E-state index contributed by atoms with van der Waals surface area (Å²) in [5, 5.41) is 0.141. The van der Waals surface area contributed by atoms with E-state index in [2.05, 4.69) is 0 Å². The monoisotopic (exact) mass is 328 g/mol. The lowest BCUT2D eigenvalue weighted by atomic mass is 10.1. The highest BCUT2D eigenvalue weighted by Gasteiger charge is 2.19. The molecule has 0 radical (unpaired) electrons. The van der Waals surface area contributed by atoms with Gasteiger partial charge in [0.15, 0.2) is 5.75 Å². The molecule has 0 N–H and O–H groups in total. The number of rotatable bonds is 3. The minimum absolute atomic E-state index is 0.0565. The van der Waals surface area contributed by atoms with Crippen molar-refractivity contribution in [2.45, 2.75) is 13.8 Å². The maximum atomic E-state index is 12.3. The molecule has 0 bridgehead atoms. The number of hydrogen-bond acceptors (Lipinski definition) is 4. The van der Waals surface area contributed by atoms with Crippen molar-refractivity contribution in [3.8, 4) is 5.75 Å². The van der Waals surface area contributed by atoms with Crippen molar-refractivity contribution in [2.24, 2.45) is 0 Å². The first-order chi connectivity index (χ1) is 9.40. The second kappa shape index (κ2) is 5.95. The number of carbonyl (C=O) groups excluding carboxylic acids is 2. The molecule has 0 amide bonds. The van der Waals surface area contributed by atoms with Crippen LogP contribution in [0.5, 0.6) is 5.75 Å². The summed E-state index contributed by atoms with van der Waals surface area (Å²) in [4.78, 5) is 24.9. The van der Waals surface area contributed by atoms with Crippen molar-refractivity contribution in [1.82, 2.24) is 0 Å². The molecule has 1 aromatic carbocycles. The summed E-state index contributed by atoms with van der Waals surface area (Å²) in [6.07, 6.45) is 0. The lowest BCUT2D eigenvalue weighted by molar-refractivity contribution is -0.131. The second-order valence-electron chi connectivity index (χ2n) is 4.07. The van der Waals surface area contributed by atoms with E-state index in [9.17, 15) is 9.59 Å². The van der Waals surface area contributed by atoms with Crippen LogP contribution in [0.3, 0.4) is 0 Å². The highest BCUT2D eigenvalue weighted by Crippen LogP contribution is 2.36. The maximum Gasteiger partial charge on any atom is 0.308 e. The molecule has 0 unspecified atom stereocenters. The van der Waals surface area contributed by atoms with Crippen LogP contribution in [0.1, 0.15) is 27.0 Å². The zero-order valence-electron chi connectivity index (χ0n) is 10.7. The van der Waals surface area contributed by atoms with Crippen molar-refractivity contribution >= 4 is 46.3 Å². The van der Waals surface area contributed by atoms with E-state index < -0.39 is 5.97 Å². The predicted octanol–water partition coefficient (Wildman–Crippen LogP) is 4.52. The van der Waals surface area contributed by atoms with Gasteiger partial charge in [-0.3, -0.25) is 9.59 Å². The second-order valence-corrected chi connectivity index (χ2v) is 6.12. The van der Waals surface area contributed by atoms with Crippen LogP contribution in [-0.4, -0.2) is 11.8 Å². The Labute approximate surface area is 130 Å². The normalized spacial score (nSPS) is 10.4. The molecule has 1 aromatic heterocycles. The molecule has 0 fully saturated rings. The van der Waals surface area contributed by atoms with Crippen LogP contribution in [0, 0.1) is 6.92 Å². The Hall–Kier alpha value is -1.36. The standard InChI is InChI=1S/C14H10Cl2O3S/c1-7-3-6-11(20-7)14(18)9-4-5-10(19-8(2)17)13(16)12(9)15/h3-6H,1-2H3. The van der Waals surface area contributed by atoms with Gasteiger partial charge in [-0.05, 0) is 31.2 Å². The number of esters is 1. The van der Waals surface area contributed by atoms with Gasteiger partial charge in [0, 0.05) is 17.4 Å². The van der Waals surface area contributed by atoms with E-state index in [1.165, 1.54) is 30.4 Å². The Morgan fingerprint density at radius 1 is 1.10 bits per heavy atom. The fraction of sp³-hybridized carbons (Fsp3) is 0.143. The summed E-state index contributed by atoms with van der Waals surface area (Å²) in [7, 11) is 0. The third-order valence-electron chi connectivity index (χ3n) is 2.51. The lowest BCUT2D eigenvalue weighted by Gasteiger charge is -2.08. The van der Waals surface area contributed by atoms with Gasteiger partial charge in [0.2, 0.25) is 5.78 Å². The first-order valence-electron chi connectivity index (χ1n) is 5.67. The summed E-state index contributed by atoms with van der Waals surface area (Å²) >= 11 is 13.5. The molecule has 0 spiro atoms. The van der Waals surface area contributed by atoms with Gasteiger partial charge in [-0.25, -0.2) is 0 Å². The Balaban J connectivity index is 2.41. The van der Waals surface area contributed by atoms with Crippen LogP contribution in [0.4, 0.5) is 0 Å². The fourth-order valence-corrected chi connectivity index (χ4v) is 2.90. The minimum atomic E-state index is -0.504. The van der Waals surface area contributed by atoms with E-state index in [-0.39, 0.29) is 27.1 Å². The van der Waals surface area contributed by atoms with Gasteiger partial charge in [-0.1, -0.05) is 23.2 Å². The largest absolute Gasteiger partial charge is 0.425 e. The van der Waals surface area contributed by atoms with E-state index in [1.807, 2.05) is 13.0 Å². The van der Waals surface area contributed by atoms with Crippen LogP contribution >= 0.6 is 34.5 Å². The number of aryl methyl sites for hydroxylation is 1. The molecule has 0 aliphatic heterocycles. The van der Waals surface area contributed by atoms with E-state index >= 15 is 0 Å². The van der Waals surface area contributed by atoms with Crippen molar-refractivity contribution in [3.05, 3.63) is 49.6 Å². The third-order valence-corrected chi connectivity index (χ3v) is 4.37. The first-order valence-corrected chi connectivity index (χ1v) is 7.25. The molecule has 0 saturated carbocycles. The number of thiophene rings is 1. The van der Waals surface area contributed by atoms with E-state index in [1.54, 1.807) is 6.07 Å². The van der Waals surface area contributed by atoms with Gasteiger partial charge in [0.25, 0.3) is 0 Å². The van der Waals surface area contributed by atoms with Gasteiger partial charge in [-0.2, -0.15) is 0 Å². The third kappa shape index (κ3) is 3.03. The quantitative estimate of drug-likeness (QED) is 0.472. The molecule has 0 aliphatic rings. The molecule has 2 aromatic rings. The van der Waals surface area contributed by atoms with Crippen molar-refractivity contribution < 1.29 is 14.3 Å². The lowest BCUT2D eigenvalue weighted by Crippen LogP contribution is -2.04. The molecule has 2 rings (SSSR count). The maximum absolute atomic E-state index is 12.3. The van der Waals surface area contributed by atoms with E-state index in [0.717, 1.165) is 4.88 Å². The Bertz CT molecular complexity index is 692. The van der Waals surface area contributed by atoms with Crippen LogP contribution in [0.2, 0.25) is 10.0 Å². The smallest absolute Gasteiger partial charge is 0.308 e. The zero-order chi connectivity index (χ0) is 14.9. The molecule has 104 valence electrons. The van der Waals surface area contributed by atoms with Crippen molar-refractivity contribution in [3.63, 3.8) is 0 Å². The summed E-state index contributed by atoms with van der Waals surface area (Å²) in [5.41, 5.74) is 0.286. The van der Waals surface area contributed by atoms with Gasteiger partial charge in [0.1, 0.15) is 5.02 Å². The van der Waals surface area contributed by atoms with Gasteiger partial charge in [0.05, 0.1) is 9.90 Å². The SMILES string of the molecule is CC(=O)Oc1ccc(C(=O)c2ccc(C)s2)c(Cl)c1Cl. The highest BCUT2D eigenvalue weighted by molar-refractivity contribution is 7.14. The van der Waals surface area contributed by atoms with Crippen LogP contribution in [0.15, 0.2) is 24.3 Å². The molecular formula is C14H10Cl2O3S. The van der Waals surface area contributed by atoms with Crippen molar-refractivity contribution in [1.29, 1.82) is 0 Å². The number of hydrogen-bond donors (Lipinski definition) is 0. The van der Waals surface area contributed by atoms with E-state index in [4.69, 9.17) is 27.9 Å². The summed E-state index contributed by atoms with van der Waals surface area (Å²) in [6.45, 7) is 3.18. The first kappa shape index (κ1) is 15.0. The fourth-order valence-electron chi connectivity index (χ4n) is 1.63. The van der Waals surface area contributed by atoms with Crippen LogP contribution in [-0.2, 0) is 4.79 Å². The van der Waals surface area contributed by atoms with Gasteiger partial charge in [-0.15, -0.1) is 11.3 Å². The zero-order valence-corrected chi connectivity index (χ0v) is 13.0. The average Bonchev–Trinajstić information content (AvgIpc) is 2.81. The topological polar surface area (TPSA) is 43.4 Å².